The standard InChI is InChI=1S/C23H29F2NOS/c1-15(2)7-16-3-5-18-13-28-14-23(22(18)10-16)26-12-21(27)6-4-17-8-19(24)11-20(25)9-17/h3,5,8-11,15,21,23,26-27H,4,6-7,12-14H2,1-2H3. The van der Waals surface area contributed by atoms with Gasteiger partial charge in [-0.25, -0.2) is 8.78 Å². The molecule has 0 aromatic heterocycles. The molecule has 3 rings (SSSR count). The summed E-state index contributed by atoms with van der Waals surface area (Å²) in [7, 11) is 0. The lowest BCUT2D eigenvalue weighted by atomic mass is 9.94. The fourth-order valence-electron chi connectivity index (χ4n) is 3.71. The van der Waals surface area contributed by atoms with E-state index in [2.05, 4.69) is 37.4 Å². The molecule has 2 aromatic carbocycles. The zero-order valence-electron chi connectivity index (χ0n) is 16.6. The van der Waals surface area contributed by atoms with Gasteiger partial charge in [-0.3, -0.25) is 0 Å². The lowest BCUT2D eigenvalue weighted by molar-refractivity contribution is 0.158. The summed E-state index contributed by atoms with van der Waals surface area (Å²) in [5.41, 5.74) is 4.65. The number of rotatable bonds is 8. The van der Waals surface area contributed by atoms with Gasteiger partial charge in [0.05, 0.1) is 6.10 Å². The Morgan fingerprint density at radius 1 is 1.11 bits per heavy atom. The highest BCUT2D eigenvalue weighted by molar-refractivity contribution is 7.98. The number of aliphatic hydroxyl groups excluding tert-OH is 1. The van der Waals surface area contributed by atoms with Crippen molar-refractivity contribution in [2.24, 2.45) is 5.92 Å². The molecule has 0 aliphatic carbocycles. The van der Waals surface area contributed by atoms with E-state index >= 15 is 0 Å². The molecule has 152 valence electrons. The minimum absolute atomic E-state index is 0.224. The maximum atomic E-state index is 13.3. The van der Waals surface area contributed by atoms with Crippen molar-refractivity contribution in [3.8, 4) is 0 Å². The van der Waals surface area contributed by atoms with Gasteiger partial charge in [-0.1, -0.05) is 32.0 Å². The topological polar surface area (TPSA) is 32.3 Å². The highest BCUT2D eigenvalue weighted by Crippen LogP contribution is 2.32. The molecule has 2 atom stereocenters. The monoisotopic (exact) mass is 405 g/mol. The normalized spacial score (nSPS) is 17.6. The average Bonchev–Trinajstić information content (AvgIpc) is 2.63. The van der Waals surface area contributed by atoms with Gasteiger partial charge in [0, 0.05) is 30.2 Å². The van der Waals surface area contributed by atoms with Crippen LogP contribution in [0, 0.1) is 17.6 Å². The zero-order valence-corrected chi connectivity index (χ0v) is 17.4. The molecule has 1 heterocycles. The van der Waals surface area contributed by atoms with Crippen molar-refractivity contribution >= 4 is 11.8 Å². The summed E-state index contributed by atoms with van der Waals surface area (Å²) >= 11 is 1.90. The number of nitrogens with one attached hydrogen (secondary N) is 1. The number of aliphatic hydroxyl groups is 1. The van der Waals surface area contributed by atoms with Gasteiger partial charge in [0.25, 0.3) is 0 Å². The van der Waals surface area contributed by atoms with E-state index in [0.29, 0.717) is 30.9 Å². The van der Waals surface area contributed by atoms with E-state index in [1.807, 2.05) is 11.8 Å². The van der Waals surface area contributed by atoms with E-state index in [9.17, 15) is 13.9 Å². The second kappa shape index (κ2) is 9.86. The van der Waals surface area contributed by atoms with Crippen LogP contribution < -0.4 is 5.32 Å². The third kappa shape index (κ3) is 6.03. The van der Waals surface area contributed by atoms with Gasteiger partial charge in [0.15, 0.2) is 0 Å². The lowest BCUT2D eigenvalue weighted by Crippen LogP contribution is -2.33. The maximum absolute atomic E-state index is 13.3. The molecule has 28 heavy (non-hydrogen) atoms. The summed E-state index contributed by atoms with van der Waals surface area (Å²) in [6, 6.07) is 10.5. The molecule has 2 unspecified atom stereocenters. The molecular weight excluding hydrogens is 376 g/mol. The van der Waals surface area contributed by atoms with Gasteiger partial charge < -0.3 is 10.4 Å². The number of benzene rings is 2. The number of thioether (sulfide) groups is 1. The van der Waals surface area contributed by atoms with Crippen molar-refractivity contribution < 1.29 is 13.9 Å². The largest absolute Gasteiger partial charge is 0.392 e. The Balaban J connectivity index is 1.56. The molecule has 2 nitrogen and oxygen atoms in total. The third-order valence-corrected chi connectivity index (χ3v) is 6.14. The van der Waals surface area contributed by atoms with Gasteiger partial charge in [-0.2, -0.15) is 11.8 Å². The summed E-state index contributed by atoms with van der Waals surface area (Å²) in [5.74, 6) is 1.49. The smallest absolute Gasteiger partial charge is 0.126 e. The van der Waals surface area contributed by atoms with Crippen molar-refractivity contribution in [1.82, 2.24) is 5.32 Å². The molecule has 0 amide bonds. The van der Waals surface area contributed by atoms with Crippen LogP contribution in [0.1, 0.15) is 48.6 Å². The number of halogens is 2. The van der Waals surface area contributed by atoms with Crippen LogP contribution in [0.3, 0.4) is 0 Å². The third-order valence-electron chi connectivity index (χ3n) is 5.06. The fourth-order valence-corrected chi connectivity index (χ4v) is 4.85. The Kier molecular flexibility index (Phi) is 7.49. The fraction of sp³-hybridized carbons (Fsp3) is 0.478. The highest BCUT2D eigenvalue weighted by Gasteiger charge is 2.21. The van der Waals surface area contributed by atoms with Gasteiger partial charge in [-0.05, 0) is 59.6 Å². The predicted octanol–water partition coefficient (Wildman–Crippen LogP) is 5.03. The predicted molar refractivity (Wildman–Crippen MR) is 113 cm³/mol. The molecule has 2 aromatic rings. The summed E-state index contributed by atoms with van der Waals surface area (Å²) in [6.07, 6.45) is 1.43. The number of hydrogen-bond acceptors (Lipinski definition) is 3. The Morgan fingerprint density at radius 2 is 1.86 bits per heavy atom. The molecule has 0 spiro atoms. The summed E-state index contributed by atoms with van der Waals surface area (Å²) in [6.45, 7) is 4.93. The minimum atomic E-state index is -0.573. The molecular formula is C23H29F2NOS. The SMILES string of the molecule is CC(C)Cc1ccc2c(c1)C(NCC(O)CCc1cc(F)cc(F)c1)CSC2. The Labute approximate surface area is 170 Å². The first-order chi connectivity index (χ1) is 13.4. The first kappa shape index (κ1) is 21.3. The van der Waals surface area contributed by atoms with Crippen molar-refractivity contribution in [3.63, 3.8) is 0 Å². The van der Waals surface area contributed by atoms with Crippen molar-refractivity contribution in [2.75, 3.05) is 12.3 Å². The minimum Gasteiger partial charge on any atom is -0.392 e. The molecule has 0 radical (unpaired) electrons. The Hall–Kier alpha value is -1.43. The van der Waals surface area contributed by atoms with Crippen LogP contribution >= 0.6 is 11.8 Å². The first-order valence-electron chi connectivity index (χ1n) is 9.96. The van der Waals surface area contributed by atoms with Crippen LogP contribution in [-0.2, 0) is 18.6 Å². The maximum Gasteiger partial charge on any atom is 0.126 e. The number of hydrogen-bond donors (Lipinski definition) is 2. The second-order valence-electron chi connectivity index (χ2n) is 8.08. The van der Waals surface area contributed by atoms with E-state index in [-0.39, 0.29) is 6.04 Å². The second-order valence-corrected chi connectivity index (χ2v) is 9.11. The van der Waals surface area contributed by atoms with E-state index < -0.39 is 17.7 Å². The molecule has 0 bridgehead atoms. The van der Waals surface area contributed by atoms with Gasteiger partial charge in [0.1, 0.15) is 11.6 Å². The van der Waals surface area contributed by atoms with E-state index in [4.69, 9.17) is 0 Å². The van der Waals surface area contributed by atoms with E-state index in [0.717, 1.165) is 24.0 Å². The van der Waals surface area contributed by atoms with Crippen LogP contribution in [-0.4, -0.2) is 23.5 Å². The molecule has 2 N–H and O–H groups in total. The zero-order chi connectivity index (χ0) is 20.1. The highest BCUT2D eigenvalue weighted by atomic mass is 32.2. The number of aryl methyl sites for hydroxylation is 1. The molecule has 0 saturated carbocycles. The van der Waals surface area contributed by atoms with Crippen molar-refractivity contribution in [1.29, 1.82) is 0 Å². The molecule has 1 aliphatic heterocycles. The van der Waals surface area contributed by atoms with Crippen LogP contribution in [0.2, 0.25) is 0 Å². The van der Waals surface area contributed by atoms with Crippen LogP contribution in [0.15, 0.2) is 36.4 Å². The van der Waals surface area contributed by atoms with Crippen molar-refractivity contribution in [3.05, 3.63) is 70.3 Å². The van der Waals surface area contributed by atoms with Crippen LogP contribution in [0.4, 0.5) is 8.78 Å². The van der Waals surface area contributed by atoms with Gasteiger partial charge in [-0.15, -0.1) is 0 Å². The lowest BCUT2D eigenvalue weighted by Gasteiger charge is -2.28. The quantitative estimate of drug-likeness (QED) is 0.646. The molecule has 0 saturated heterocycles. The Morgan fingerprint density at radius 3 is 2.57 bits per heavy atom. The van der Waals surface area contributed by atoms with Crippen LogP contribution in [0.25, 0.3) is 0 Å². The summed E-state index contributed by atoms with van der Waals surface area (Å²) in [5, 5.41) is 13.8. The van der Waals surface area contributed by atoms with Gasteiger partial charge in [0.2, 0.25) is 0 Å². The van der Waals surface area contributed by atoms with Crippen molar-refractivity contribution in [2.45, 2.75) is 51.0 Å². The van der Waals surface area contributed by atoms with E-state index in [1.54, 1.807) is 0 Å². The molecule has 1 aliphatic rings. The summed E-state index contributed by atoms with van der Waals surface area (Å²) in [4.78, 5) is 0. The van der Waals surface area contributed by atoms with Gasteiger partial charge >= 0.3 is 0 Å². The van der Waals surface area contributed by atoms with E-state index in [1.165, 1.54) is 28.8 Å². The number of fused-ring (bicyclic) bond motifs is 1. The molecule has 0 fully saturated rings. The molecule has 5 heteroatoms. The Bertz CT molecular complexity index is 776. The van der Waals surface area contributed by atoms with Crippen LogP contribution in [0.5, 0.6) is 0 Å². The average molecular weight is 406 g/mol. The summed E-state index contributed by atoms with van der Waals surface area (Å²) < 4.78 is 26.6. The first-order valence-corrected chi connectivity index (χ1v) is 11.1.